The van der Waals surface area contributed by atoms with Gasteiger partial charge in [0.05, 0.1) is 23.7 Å². The van der Waals surface area contributed by atoms with Crippen LogP contribution < -0.4 is 9.62 Å². The highest BCUT2D eigenvalue weighted by molar-refractivity contribution is 7.92. The number of pyridine rings is 1. The number of carbonyl (C=O) groups is 1. The van der Waals surface area contributed by atoms with Crippen molar-refractivity contribution in [2.75, 3.05) is 17.6 Å². The van der Waals surface area contributed by atoms with Gasteiger partial charge >= 0.3 is 0 Å². The standard InChI is InChI=1S/C18H23N3O3S/c1-5-16(17-12-13(2)10-11-19-17)20-18(22)14-6-8-15(9-7-14)21(3)25(4,23)24/h6-12,16H,5H2,1-4H3,(H,20,22). The lowest BCUT2D eigenvalue weighted by atomic mass is 10.1. The Balaban J connectivity index is 2.15. The minimum Gasteiger partial charge on any atom is -0.344 e. The number of carbonyl (C=O) groups excluding carboxylic acids is 1. The summed E-state index contributed by atoms with van der Waals surface area (Å²) in [6.45, 7) is 3.97. The van der Waals surface area contributed by atoms with Gasteiger partial charge in [0, 0.05) is 18.8 Å². The summed E-state index contributed by atoms with van der Waals surface area (Å²) in [7, 11) is -1.85. The van der Waals surface area contributed by atoms with Gasteiger partial charge in [0.1, 0.15) is 0 Å². The molecular formula is C18H23N3O3S. The van der Waals surface area contributed by atoms with Crippen LogP contribution in [-0.4, -0.2) is 32.6 Å². The van der Waals surface area contributed by atoms with Gasteiger partial charge in [0.15, 0.2) is 0 Å². The first-order valence-corrected chi connectivity index (χ1v) is 9.84. The van der Waals surface area contributed by atoms with Crippen molar-refractivity contribution in [3.8, 4) is 0 Å². The van der Waals surface area contributed by atoms with E-state index in [0.717, 1.165) is 23.9 Å². The third-order valence-corrected chi connectivity index (χ3v) is 5.20. The summed E-state index contributed by atoms with van der Waals surface area (Å²) in [5.74, 6) is -0.219. The summed E-state index contributed by atoms with van der Waals surface area (Å²) in [5.41, 5.74) is 2.89. The summed E-state index contributed by atoms with van der Waals surface area (Å²) < 4.78 is 24.3. The first-order chi connectivity index (χ1) is 11.7. The number of benzene rings is 1. The lowest BCUT2D eigenvalue weighted by molar-refractivity contribution is 0.0934. The van der Waals surface area contributed by atoms with Crippen molar-refractivity contribution in [1.82, 2.24) is 10.3 Å². The average Bonchev–Trinajstić information content (AvgIpc) is 2.58. The van der Waals surface area contributed by atoms with Crippen molar-refractivity contribution in [3.63, 3.8) is 0 Å². The molecule has 25 heavy (non-hydrogen) atoms. The van der Waals surface area contributed by atoms with Crippen molar-refractivity contribution in [2.45, 2.75) is 26.3 Å². The molecule has 0 bridgehead atoms. The largest absolute Gasteiger partial charge is 0.344 e. The van der Waals surface area contributed by atoms with E-state index >= 15 is 0 Å². The smallest absolute Gasteiger partial charge is 0.251 e. The molecule has 2 aromatic rings. The molecule has 0 saturated carbocycles. The Morgan fingerprint density at radius 2 is 1.88 bits per heavy atom. The molecule has 1 amide bonds. The summed E-state index contributed by atoms with van der Waals surface area (Å²) in [6.07, 6.45) is 3.58. The number of sulfonamides is 1. The van der Waals surface area contributed by atoms with Crippen LogP contribution in [-0.2, 0) is 10.0 Å². The Morgan fingerprint density at radius 1 is 1.24 bits per heavy atom. The molecule has 1 heterocycles. The predicted octanol–water partition coefficient (Wildman–Crippen LogP) is 2.67. The molecule has 7 heteroatoms. The second-order valence-electron chi connectivity index (χ2n) is 5.97. The van der Waals surface area contributed by atoms with E-state index in [0.29, 0.717) is 11.3 Å². The van der Waals surface area contributed by atoms with E-state index in [2.05, 4.69) is 10.3 Å². The zero-order valence-electron chi connectivity index (χ0n) is 14.9. The second-order valence-corrected chi connectivity index (χ2v) is 7.98. The minimum absolute atomic E-state index is 0.175. The molecule has 0 saturated heterocycles. The van der Waals surface area contributed by atoms with E-state index in [1.165, 1.54) is 11.4 Å². The summed E-state index contributed by atoms with van der Waals surface area (Å²) in [4.78, 5) is 16.8. The number of amides is 1. The lowest BCUT2D eigenvalue weighted by Gasteiger charge is -2.18. The molecule has 1 aromatic carbocycles. The number of aromatic nitrogens is 1. The molecule has 0 fully saturated rings. The fourth-order valence-electron chi connectivity index (χ4n) is 2.39. The van der Waals surface area contributed by atoms with Crippen molar-refractivity contribution in [1.29, 1.82) is 0 Å². The maximum Gasteiger partial charge on any atom is 0.251 e. The fourth-order valence-corrected chi connectivity index (χ4v) is 2.90. The van der Waals surface area contributed by atoms with E-state index < -0.39 is 10.0 Å². The number of nitrogens with one attached hydrogen (secondary N) is 1. The Labute approximate surface area is 148 Å². The molecular weight excluding hydrogens is 338 g/mol. The van der Waals surface area contributed by atoms with Crippen molar-refractivity contribution in [2.24, 2.45) is 0 Å². The van der Waals surface area contributed by atoms with E-state index in [4.69, 9.17) is 0 Å². The van der Waals surface area contributed by atoms with E-state index in [1.807, 2.05) is 26.0 Å². The number of nitrogens with zero attached hydrogens (tertiary/aromatic N) is 2. The topological polar surface area (TPSA) is 79.4 Å². The van der Waals surface area contributed by atoms with Crippen LogP contribution in [0.5, 0.6) is 0 Å². The van der Waals surface area contributed by atoms with Gasteiger partial charge in [-0.05, 0) is 55.3 Å². The molecule has 0 aliphatic heterocycles. The number of hydrogen-bond donors (Lipinski definition) is 1. The van der Waals surface area contributed by atoms with Gasteiger partial charge in [-0.2, -0.15) is 0 Å². The van der Waals surface area contributed by atoms with Gasteiger partial charge in [0.2, 0.25) is 10.0 Å². The second kappa shape index (κ2) is 7.65. The first-order valence-electron chi connectivity index (χ1n) is 7.99. The van der Waals surface area contributed by atoms with E-state index in [9.17, 15) is 13.2 Å². The number of rotatable bonds is 6. The normalized spacial score (nSPS) is 12.5. The van der Waals surface area contributed by atoms with Crippen LogP contribution in [0.1, 0.15) is 41.0 Å². The Hall–Kier alpha value is -2.41. The van der Waals surface area contributed by atoms with Crippen molar-refractivity contribution in [3.05, 3.63) is 59.4 Å². The number of aryl methyl sites for hydroxylation is 1. The molecule has 1 atom stereocenters. The maximum absolute atomic E-state index is 12.5. The molecule has 1 aromatic heterocycles. The highest BCUT2D eigenvalue weighted by Gasteiger charge is 2.16. The van der Waals surface area contributed by atoms with Crippen LogP contribution in [0.15, 0.2) is 42.6 Å². The Bertz CT molecular complexity index is 848. The van der Waals surface area contributed by atoms with Crippen LogP contribution in [0, 0.1) is 6.92 Å². The summed E-state index contributed by atoms with van der Waals surface area (Å²) in [6, 6.07) is 10.1. The Kier molecular flexibility index (Phi) is 5.79. The molecule has 0 aliphatic carbocycles. The lowest BCUT2D eigenvalue weighted by Crippen LogP contribution is -2.29. The van der Waals surface area contributed by atoms with Gasteiger partial charge in [0.25, 0.3) is 5.91 Å². The highest BCUT2D eigenvalue weighted by atomic mass is 32.2. The van der Waals surface area contributed by atoms with Crippen LogP contribution in [0.25, 0.3) is 0 Å². The molecule has 134 valence electrons. The zero-order valence-corrected chi connectivity index (χ0v) is 15.7. The van der Waals surface area contributed by atoms with Crippen LogP contribution in [0.4, 0.5) is 5.69 Å². The van der Waals surface area contributed by atoms with Gasteiger partial charge in [-0.25, -0.2) is 8.42 Å². The average molecular weight is 361 g/mol. The monoisotopic (exact) mass is 361 g/mol. The van der Waals surface area contributed by atoms with E-state index in [-0.39, 0.29) is 11.9 Å². The molecule has 2 rings (SSSR count). The third-order valence-electron chi connectivity index (χ3n) is 4.00. The number of anilines is 1. The van der Waals surface area contributed by atoms with Crippen LogP contribution in [0.2, 0.25) is 0 Å². The third kappa shape index (κ3) is 4.79. The van der Waals surface area contributed by atoms with Crippen molar-refractivity contribution < 1.29 is 13.2 Å². The molecule has 1 unspecified atom stereocenters. The molecule has 6 nitrogen and oxygen atoms in total. The fraction of sp³-hybridized carbons (Fsp3) is 0.333. The van der Waals surface area contributed by atoms with Gasteiger partial charge in [-0.1, -0.05) is 6.92 Å². The van der Waals surface area contributed by atoms with Gasteiger partial charge < -0.3 is 5.32 Å². The first kappa shape index (κ1) is 18.9. The van der Waals surface area contributed by atoms with Crippen LogP contribution in [0.3, 0.4) is 0 Å². The van der Waals surface area contributed by atoms with E-state index in [1.54, 1.807) is 30.5 Å². The number of hydrogen-bond acceptors (Lipinski definition) is 4. The SMILES string of the molecule is CCC(NC(=O)c1ccc(N(C)S(C)(=O)=O)cc1)c1cc(C)ccn1. The predicted molar refractivity (Wildman–Crippen MR) is 99.2 cm³/mol. The molecule has 1 N–H and O–H groups in total. The molecule has 0 radical (unpaired) electrons. The molecule has 0 spiro atoms. The van der Waals surface area contributed by atoms with Crippen LogP contribution >= 0.6 is 0 Å². The van der Waals surface area contributed by atoms with Gasteiger partial charge in [-0.15, -0.1) is 0 Å². The summed E-state index contributed by atoms with van der Waals surface area (Å²) >= 11 is 0. The van der Waals surface area contributed by atoms with Crippen molar-refractivity contribution >= 4 is 21.6 Å². The molecule has 0 aliphatic rings. The quantitative estimate of drug-likeness (QED) is 0.858. The zero-order chi connectivity index (χ0) is 18.6. The highest BCUT2D eigenvalue weighted by Crippen LogP contribution is 2.19. The summed E-state index contributed by atoms with van der Waals surface area (Å²) in [5, 5.41) is 2.97. The van der Waals surface area contributed by atoms with Gasteiger partial charge in [-0.3, -0.25) is 14.1 Å². The Morgan fingerprint density at radius 3 is 2.40 bits per heavy atom. The minimum atomic E-state index is -3.33. The maximum atomic E-state index is 12.5.